The molecule has 1 aromatic carbocycles. The van der Waals surface area contributed by atoms with Gasteiger partial charge in [0.05, 0.1) is 0 Å². The van der Waals surface area contributed by atoms with E-state index in [1.54, 1.807) is 13.8 Å². The van der Waals surface area contributed by atoms with Crippen LogP contribution in [0.1, 0.15) is 25.5 Å². The smallest absolute Gasteiger partial charge is 0.404 e. The zero-order chi connectivity index (χ0) is 13.0. The third kappa shape index (κ3) is 3.71. The number of hydrogen-bond acceptors (Lipinski definition) is 3. The van der Waals surface area contributed by atoms with Crippen LogP contribution < -0.4 is 5.73 Å². The second-order valence-electron chi connectivity index (χ2n) is 4.14. The number of benzene rings is 1. The molecule has 0 fully saturated rings. The van der Waals surface area contributed by atoms with Crippen molar-refractivity contribution in [2.45, 2.75) is 26.1 Å². The molecule has 1 aromatic rings. The summed E-state index contributed by atoms with van der Waals surface area (Å²) in [5.74, 6) is -0.500. The molecule has 1 amide bonds. The van der Waals surface area contributed by atoms with E-state index in [2.05, 4.69) is 0 Å². The fourth-order valence-corrected chi connectivity index (χ4v) is 1.55. The number of carbonyl (C=O) groups excluding carboxylic acids is 1. The van der Waals surface area contributed by atoms with E-state index in [0.717, 1.165) is 0 Å². The molecule has 3 N–H and O–H groups in total. The van der Waals surface area contributed by atoms with Gasteiger partial charge in [0.1, 0.15) is 18.0 Å². The molecule has 0 aliphatic carbocycles. The number of hydrogen-bond donors (Lipinski definition) is 2. The maximum Gasteiger partial charge on any atom is 0.404 e. The molecule has 4 nitrogen and oxygen atoms in total. The maximum atomic E-state index is 12.7. The van der Waals surface area contributed by atoms with E-state index in [1.807, 2.05) is 0 Å². The van der Waals surface area contributed by atoms with Crippen molar-refractivity contribution in [2.75, 3.05) is 0 Å². The van der Waals surface area contributed by atoms with Gasteiger partial charge in [-0.3, -0.25) is 0 Å². The van der Waals surface area contributed by atoms with Crippen molar-refractivity contribution < 1.29 is 19.0 Å². The minimum atomic E-state index is -1.02. The molecular formula is C12H16FNO3. The van der Waals surface area contributed by atoms with Gasteiger partial charge in [0.25, 0.3) is 0 Å². The van der Waals surface area contributed by atoms with E-state index in [9.17, 15) is 14.3 Å². The minimum Gasteiger partial charge on any atom is -0.443 e. The van der Waals surface area contributed by atoms with Gasteiger partial charge in [0, 0.05) is 0 Å². The zero-order valence-electron chi connectivity index (χ0n) is 9.76. The topological polar surface area (TPSA) is 72.5 Å². The van der Waals surface area contributed by atoms with Gasteiger partial charge in [-0.05, 0) is 23.6 Å². The number of amides is 1. The second kappa shape index (κ2) is 5.63. The lowest BCUT2D eigenvalue weighted by molar-refractivity contribution is -0.0196. The van der Waals surface area contributed by atoms with Gasteiger partial charge < -0.3 is 15.6 Å². The molecule has 0 spiro atoms. The molecule has 0 aliphatic heterocycles. The summed E-state index contributed by atoms with van der Waals surface area (Å²) in [6.45, 7) is 3.58. The fourth-order valence-electron chi connectivity index (χ4n) is 1.55. The van der Waals surface area contributed by atoms with Gasteiger partial charge in [-0.1, -0.05) is 26.0 Å². The Kier molecular flexibility index (Phi) is 4.45. The van der Waals surface area contributed by atoms with Gasteiger partial charge in [0.2, 0.25) is 0 Å². The summed E-state index contributed by atoms with van der Waals surface area (Å²) in [7, 11) is 0. The SMILES string of the molecule is CC(C)C(OC(N)=O)C(O)c1ccc(F)cc1. The first-order valence-corrected chi connectivity index (χ1v) is 5.31. The number of ether oxygens (including phenoxy) is 1. The molecule has 0 saturated carbocycles. The molecule has 94 valence electrons. The van der Waals surface area contributed by atoms with Crippen LogP contribution in [0.25, 0.3) is 0 Å². The summed E-state index contributed by atoms with van der Waals surface area (Å²) in [4.78, 5) is 10.7. The summed E-state index contributed by atoms with van der Waals surface area (Å²) in [5.41, 5.74) is 5.42. The number of aliphatic hydroxyl groups is 1. The largest absolute Gasteiger partial charge is 0.443 e. The number of rotatable bonds is 4. The van der Waals surface area contributed by atoms with E-state index < -0.39 is 24.1 Å². The number of carbonyl (C=O) groups is 1. The molecule has 2 unspecified atom stereocenters. The third-order valence-corrected chi connectivity index (χ3v) is 2.43. The normalized spacial score (nSPS) is 14.4. The molecule has 0 heterocycles. The van der Waals surface area contributed by atoms with Crippen molar-refractivity contribution in [1.29, 1.82) is 0 Å². The summed E-state index contributed by atoms with van der Waals surface area (Å²) < 4.78 is 17.6. The van der Waals surface area contributed by atoms with Gasteiger partial charge in [-0.15, -0.1) is 0 Å². The predicted molar refractivity (Wildman–Crippen MR) is 60.7 cm³/mol. The molecule has 0 bridgehead atoms. The Hall–Kier alpha value is -1.62. The highest BCUT2D eigenvalue weighted by Crippen LogP contribution is 2.24. The van der Waals surface area contributed by atoms with Crippen molar-refractivity contribution in [3.8, 4) is 0 Å². The Morgan fingerprint density at radius 1 is 1.35 bits per heavy atom. The van der Waals surface area contributed by atoms with Crippen LogP contribution in [0.4, 0.5) is 9.18 Å². The lowest BCUT2D eigenvalue weighted by Gasteiger charge is -2.25. The molecule has 0 radical (unpaired) electrons. The maximum absolute atomic E-state index is 12.7. The van der Waals surface area contributed by atoms with E-state index in [4.69, 9.17) is 10.5 Å². The van der Waals surface area contributed by atoms with Crippen LogP contribution in [0, 0.1) is 11.7 Å². The Morgan fingerprint density at radius 2 is 1.88 bits per heavy atom. The average Bonchev–Trinajstić information content (AvgIpc) is 2.25. The number of halogens is 1. The molecule has 17 heavy (non-hydrogen) atoms. The van der Waals surface area contributed by atoms with Crippen LogP contribution in [-0.4, -0.2) is 17.3 Å². The van der Waals surface area contributed by atoms with Crippen LogP contribution in [0.5, 0.6) is 0 Å². The van der Waals surface area contributed by atoms with Crippen molar-refractivity contribution in [1.82, 2.24) is 0 Å². The number of aliphatic hydroxyl groups excluding tert-OH is 1. The number of nitrogens with two attached hydrogens (primary N) is 1. The third-order valence-electron chi connectivity index (χ3n) is 2.43. The Morgan fingerprint density at radius 3 is 2.29 bits per heavy atom. The van der Waals surface area contributed by atoms with Crippen molar-refractivity contribution in [3.05, 3.63) is 35.6 Å². The Bertz CT molecular complexity index is 378. The fraction of sp³-hybridized carbons (Fsp3) is 0.417. The zero-order valence-corrected chi connectivity index (χ0v) is 9.76. The molecule has 0 saturated heterocycles. The van der Waals surface area contributed by atoms with Gasteiger partial charge in [-0.2, -0.15) is 0 Å². The van der Waals surface area contributed by atoms with Crippen LogP contribution >= 0.6 is 0 Å². The van der Waals surface area contributed by atoms with Crippen molar-refractivity contribution in [3.63, 3.8) is 0 Å². The van der Waals surface area contributed by atoms with E-state index in [0.29, 0.717) is 5.56 Å². The minimum absolute atomic E-state index is 0.109. The first kappa shape index (κ1) is 13.4. The molecule has 0 aromatic heterocycles. The van der Waals surface area contributed by atoms with E-state index >= 15 is 0 Å². The quantitative estimate of drug-likeness (QED) is 0.846. The highest BCUT2D eigenvalue weighted by atomic mass is 19.1. The summed E-state index contributed by atoms with van der Waals surface area (Å²) >= 11 is 0. The number of primary amides is 1. The molecule has 2 atom stereocenters. The van der Waals surface area contributed by atoms with Gasteiger partial charge in [0.15, 0.2) is 0 Å². The van der Waals surface area contributed by atoms with Crippen molar-refractivity contribution >= 4 is 6.09 Å². The Balaban J connectivity index is 2.87. The molecule has 0 aliphatic rings. The molecular weight excluding hydrogens is 225 g/mol. The second-order valence-corrected chi connectivity index (χ2v) is 4.14. The highest BCUT2D eigenvalue weighted by Gasteiger charge is 2.27. The summed E-state index contributed by atoms with van der Waals surface area (Å²) in [6.07, 6.45) is -2.72. The lowest BCUT2D eigenvalue weighted by atomic mass is 9.96. The summed E-state index contributed by atoms with van der Waals surface area (Å²) in [5, 5.41) is 10.0. The standard InChI is InChI=1S/C12H16FNO3/c1-7(2)11(17-12(14)16)10(15)8-3-5-9(13)6-4-8/h3-7,10-11,15H,1-2H3,(H2,14,16). The first-order valence-electron chi connectivity index (χ1n) is 5.31. The van der Waals surface area contributed by atoms with Gasteiger partial charge in [-0.25, -0.2) is 9.18 Å². The monoisotopic (exact) mass is 241 g/mol. The lowest BCUT2D eigenvalue weighted by Crippen LogP contribution is -2.32. The average molecular weight is 241 g/mol. The predicted octanol–water partition coefficient (Wildman–Crippen LogP) is 1.98. The van der Waals surface area contributed by atoms with E-state index in [-0.39, 0.29) is 5.92 Å². The van der Waals surface area contributed by atoms with Gasteiger partial charge >= 0.3 is 6.09 Å². The first-order chi connectivity index (χ1) is 7.91. The van der Waals surface area contributed by atoms with Crippen LogP contribution in [0.15, 0.2) is 24.3 Å². The summed E-state index contributed by atoms with van der Waals surface area (Å²) in [6, 6.07) is 5.36. The van der Waals surface area contributed by atoms with E-state index in [1.165, 1.54) is 24.3 Å². The van der Waals surface area contributed by atoms with Crippen LogP contribution in [0.2, 0.25) is 0 Å². The van der Waals surface area contributed by atoms with Crippen LogP contribution in [0.3, 0.4) is 0 Å². The van der Waals surface area contributed by atoms with Crippen LogP contribution in [-0.2, 0) is 4.74 Å². The molecule has 1 rings (SSSR count). The Labute approximate surface area is 99.2 Å². The highest BCUT2D eigenvalue weighted by molar-refractivity contribution is 5.64. The van der Waals surface area contributed by atoms with Crippen molar-refractivity contribution in [2.24, 2.45) is 11.7 Å². The molecule has 5 heteroatoms.